The minimum atomic E-state index is -0.222. The fourth-order valence-corrected chi connectivity index (χ4v) is 3.28. The fraction of sp³-hybridized carbons (Fsp3) is 0.538. The van der Waals surface area contributed by atoms with Gasteiger partial charge in [-0.2, -0.15) is 5.10 Å². The molecule has 1 fully saturated rings. The van der Waals surface area contributed by atoms with Crippen molar-refractivity contribution in [2.24, 2.45) is 0 Å². The minimum Gasteiger partial charge on any atom is -0.331 e. The van der Waals surface area contributed by atoms with E-state index in [1.807, 2.05) is 28.7 Å². The van der Waals surface area contributed by atoms with Gasteiger partial charge in [0, 0.05) is 18.9 Å². The number of amides is 1. The highest BCUT2D eigenvalue weighted by Gasteiger charge is 2.42. The Bertz CT molecular complexity index is 646. The number of fused-ring (bicyclic) bond motifs is 3. The second-order valence-corrected chi connectivity index (χ2v) is 5.41. The molecule has 2 aliphatic heterocycles. The van der Waals surface area contributed by atoms with E-state index in [4.69, 9.17) is 0 Å². The predicted octanol–water partition coefficient (Wildman–Crippen LogP) is 0.761. The van der Waals surface area contributed by atoms with E-state index in [-0.39, 0.29) is 18.0 Å². The summed E-state index contributed by atoms with van der Waals surface area (Å²) in [5.41, 5.74) is 0. The molecule has 0 aromatic carbocycles. The summed E-state index contributed by atoms with van der Waals surface area (Å²) < 4.78 is 3.80. The molecule has 1 saturated heterocycles. The van der Waals surface area contributed by atoms with E-state index in [0.717, 1.165) is 31.0 Å². The van der Waals surface area contributed by atoms with Crippen molar-refractivity contribution in [1.29, 1.82) is 0 Å². The first-order valence-corrected chi connectivity index (χ1v) is 6.97. The Labute approximate surface area is 116 Å². The second-order valence-electron chi connectivity index (χ2n) is 5.41. The lowest BCUT2D eigenvalue weighted by molar-refractivity contribution is -0.137. The first-order valence-electron chi connectivity index (χ1n) is 6.97. The molecule has 7 nitrogen and oxygen atoms in total. The van der Waals surface area contributed by atoms with Gasteiger partial charge in [0.2, 0.25) is 5.91 Å². The third-order valence-corrected chi connectivity index (χ3v) is 4.23. The molecule has 0 N–H and O–H groups in total. The highest BCUT2D eigenvalue weighted by Crippen LogP contribution is 2.38. The van der Waals surface area contributed by atoms with E-state index in [9.17, 15) is 4.79 Å². The summed E-state index contributed by atoms with van der Waals surface area (Å²) in [4.78, 5) is 14.4. The minimum absolute atomic E-state index is 0.109. The zero-order valence-electron chi connectivity index (χ0n) is 11.3. The predicted molar refractivity (Wildman–Crippen MR) is 69.8 cm³/mol. The van der Waals surface area contributed by atoms with E-state index in [2.05, 4.69) is 15.3 Å². The van der Waals surface area contributed by atoms with Crippen molar-refractivity contribution in [3.05, 3.63) is 30.1 Å². The zero-order chi connectivity index (χ0) is 13.7. The Morgan fingerprint density at radius 1 is 1.40 bits per heavy atom. The van der Waals surface area contributed by atoms with Crippen LogP contribution in [0.4, 0.5) is 0 Å². The summed E-state index contributed by atoms with van der Waals surface area (Å²) in [7, 11) is 0. The lowest BCUT2D eigenvalue weighted by Crippen LogP contribution is -2.42. The summed E-state index contributed by atoms with van der Waals surface area (Å²) in [6.45, 7) is 3.32. The van der Waals surface area contributed by atoms with E-state index >= 15 is 0 Å². The Balaban J connectivity index is 1.76. The van der Waals surface area contributed by atoms with Gasteiger partial charge in [0.05, 0.1) is 6.04 Å². The average Bonchev–Trinajstić information content (AvgIpc) is 3.16. The standard InChI is InChI=1S/C13H16N6O/c1-9-13(20)18-7-2-4-10(18)12-16-15-11(19(9)12)8-17-6-3-5-14-17/h3,5-6,9-10H,2,4,7-8H2,1H3/t9-,10+/m0/s1. The van der Waals surface area contributed by atoms with Gasteiger partial charge in [-0.3, -0.25) is 14.0 Å². The number of carbonyl (C=O) groups is 1. The normalized spacial score (nSPS) is 24.9. The van der Waals surface area contributed by atoms with Crippen molar-refractivity contribution in [3.63, 3.8) is 0 Å². The molecule has 2 aromatic heterocycles. The van der Waals surface area contributed by atoms with Gasteiger partial charge in [0.15, 0.2) is 11.6 Å². The largest absolute Gasteiger partial charge is 0.331 e. The van der Waals surface area contributed by atoms with Crippen LogP contribution in [-0.2, 0) is 11.3 Å². The third-order valence-electron chi connectivity index (χ3n) is 4.23. The summed E-state index contributed by atoms with van der Waals surface area (Å²) >= 11 is 0. The van der Waals surface area contributed by atoms with Gasteiger partial charge in [-0.1, -0.05) is 0 Å². The van der Waals surface area contributed by atoms with Gasteiger partial charge in [-0.25, -0.2) is 0 Å². The maximum absolute atomic E-state index is 12.4. The van der Waals surface area contributed by atoms with Crippen molar-refractivity contribution in [1.82, 2.24) is 29.4 Å². The van der Waals surface area contributed by atoms with Gasteiger partial charge in [-0.15, -0.1) is 10.2 Å². The molecule has 0 aliphatic carbocycles. The molecule has 1 amide bonds. The van der Waals surface area contributed by atoms with E-state index < -0.39 is 0 Å². The molecule has 0 spiro atoms. The van der Waals surface area contributed by atoms with Crippen LogP contribution in [0.1, 0.15) is 43.5 Å². The lowest BCUT2D eigenvalue weighted by atomic mass is 10.1. The topological polar surface area (TPSA) is 68.8 Å². The van der Waals surface area contributed by atoms with Crippen molar-refractivity contribution in [2.75, 3.05) is 6.54 Å². The van der Waals surface area contributed by atoms with Crippen LogP contribution < -0.4 is 0 Å². The number of hydrogen-bond donors (Lipinski definition) is 0. The quantitative estimate of drug-likeness (QED) is 0.809. The number of aromatic nitrogens is 5. The molecule has 4 rings (SSSR count). The molecule has 7 heteroatoms. The zero-order valence-corrected chi connectivity index (χ0v) is 11.3. The monoisotopic (exact) mass is 272 g/mol. The van der Waals surface area contributed by atoms with Crippen LogP contribution in [0.5, 0.6) is 0 Å². The molecule has 0 unspecified atom stereocenters. The molecular weight excluding hydrogens is 256 g/mol. The van der Waals surface area contributed by atoms with Crippen LogP contribution in [0, 0.1) is 0 Å². The average molecular weight is 272 g/mol. The Morgan fingerprint density at radius 3 is 3.10 bits per heavy atom. The maximum atomic E-state index is 12.4. The van der Waals surface area contributed by atoms with Crippen LogP contribution in [0.25, 0.3) is 0 Å². The van der Waals surface area contributed by atoms with Crippen LogP contribution in [0.2, 0.25) is 0 Å². The summed E-state index contributed by atoms with van der Waals surface area (Å²) in [6.07, 6.45) is 5.66. The van der Waals surface area contributed by atoms with Crippen molar-refractivity contribution >= 4 is 5.91 Å². The molecule has 0 bridgehead atoms. The summed E-state index contributed by atoms with van der Waals surface area (Å²) in [6, 6.07) is 1.76. The molecule has 2 aromatic rings. The summed E-state index contributed by atoms with van der Waals surface area (Å²) in [5.74, 6) is 1.91. The van der Waals surface area contributed by atoms with Crippen molar-refractivity contribution in [2.45, 2.75) is 38.4 Å². The fourth-order valence-electron chi connectivity index (χ4n) is 3.28. The van der Waals surface area contributed by atoms with Gasteiger partial charge in [-0.05, 0) is 25.8 Å². The Morgan fingerprint density at radius 2 is 2.30 bits per heavy atom. The molecular formula is C13H16N6O. The Kier molecular flexibility index (Phi) is 2.42. The second kappa shape index (κ2) is 4.16. The third kappa shape index (κ3) is 1.52. The van der Waals surface area contributed by atoms with Gasteiger partial charge < -0.3 is 4.90 Å². The van der Waals surface area contributed by atoms with E-state index in [1.165, 1.54) is 0 Å². The molecule has 2 atom stereocenters. The molecule has 20 heavy (non-hydrogen) atoms. The first-order chi connectivity index (χ1) is 9.75. The van der Waals surface area contributed by atoms with Crippen molar-refractivity contribution < 1.29 is 4.79 Å². The van der Waals surface area contributed by atoms with Crippen LogP contribution >= 0.6 is 0 Å². The Hall–Kier alpha value is -2.18. The number of hydrogen-bond acceptors (Lipinski definition) is 4. The van der Waals surface area contributed by atoms with Crippen LogP contribution in [0.15, 0.2) is 18.5 Å². The summed E-state index contributed by atoms with van der Waals surface area (Å²) in [5, 5.41) is 12.8. The molecule has 2 aliphatic rings. The smallest absolute Gasteiger partial charge is 0.246 e. The number of nitrogens with zero attached hydrogens (tertiary/aromatic N) is 6. The number of carbonyl (C=O) groups excluding carboxylic acids is 1. The van der Waals surface area contributed by atoms with Crippen LogP contribution in [-0.4, -0.2) is 41.9 Å². The van der Waals surface area contributed by atoms with Gasteiger partial charge in [0.25, 0.3) is 0 Å². The van der Waals surface area contributed by atoms with Crippen molar-refractivity contribution in [3.8, 4) is 0 Å². The number of rotatable bonds is 2. The highest BCUT2D eigenvalue weighted by atomic mass is 16.2. The molecule has 4 heterocycles. The SMILES string of the molecule is C[C@H]1C(=O)N2CCC[C@@H]2c2nnc(Cn3cccn3)n21. The van der Waals surface area contributed by atoms with E-state index in [1.54, 1.807) is 10.9 Å². The first kappa shape index (κ1) is 11.6. The molecule has 104 valence electrons. The van der Waals surface area contributed by atoms with Gasteiger partial charge in [0.1, 0.15) is 12.6 Å². The van der Waals surface area contributed by atoms with Crippen LogP contribution in [0.3, 0.4) is 0 Å². The maximum Gasteiger partial charge on any atom is 0.246 e. The molecule has 0 saturated carbocycles. The highest BCUT2D eigenvalue weighted by molar-refractivity contribution is 5.82. The van der Waals surface area contributed by atoms with Gasteiger partial charge >= 0.3 is 0 Å². The lowest BCUT2D eigenvalue weighted by Gasteiger charge is -2.34. The molecule has 0 radical (unpaired) electrons. The van der Waals surface area contributed by atoms with E-state index in [0.29, 0.717) is 6.54 Å².